The molecular weight excluding hydrogens is 277 g/mol. The molecule has 0 aliphatic carbocycles. The second-order valence-electron chi connectivity index (χ2n) is 4.96. The molecule has 5 heteroatoms. The number of benzene rings is 1. The lowest BCUT2D eigenvalue weighted by Crippen LogP contribution is -2.40. The Morgan fingerprint density at radius 3 is 2.90 bits per heavy atom. The van der Waals surface area contributed by atoms with E-state index in [4.69, 9.17) is 4.74 Å². The highest BCUT2D eigenvalue weighted by Gasteiger charge is 2.23. The van der Waals surface area contributed by atoms with Gasteiger partial charge in [0, 0.05) is 23.7 Å². The predicted molar refractivity (Wildman–Crippen MR) is 78.3 cm³/mol. The molecule has 0 saturated carbocycles. The molecule has 2 rings (SSSR count). The van der Waals surface area contributed by atoms with Crippen molar-refractivity contribution in [3.63, 3.8) is 0 Å². The van der Waals surface area contributed by atoms with Gasteiger partial charge in [0.25, 0.3) is 0 Å². The number of hydrogen-bond donors (Lipinski definition) is 1. The molecule has 0 radical (unpaired) electrons. The molecule has 1 aromatic carbocycles. The van der Waals surface area contributed by atoms with E-state index in [2.05, 4.69) is 5.32 Å². The Labute approximate surface area is 123 Å². The zero-order valence-electron chi connectivity index (χ0n) is 11.6. The maximum Gasteiger partial charge on any atom is 0.221 e. The number of thioether (sulfide) groups is 1. The molecule has 1 aromatic rings. The van der Waals surface area contributed by atoms with Gasteiger partial charge >= 0.3 is 0 Å². The molecule has 1 heterocycles. The summed E-state index contributed by atoms with van der Waals surface area (Å²) in [4.78, 5) is 12.8. The van der Waals surface area contributed by atoms with Gasteiger partial charge in [-0.3, -0.25) is 4.79 Å². The second kappa shape index (κ2) is 7.64. The first-order valence-electron chi connectivity index (χ1n) is 6.94. The van der Waals surface area contributed by atoms with Crippen molar-refractivity contribution < 1.29 is 13.9 Å². The maximum absolute atomic E-state index is 12.7. The van der Waals surface area contributed by atoms with E-state index in [1.807, 2.05) is 6.92 Å². The normalized spacial score (nSPS) is 19.8. The van der Waals surface area contributed by atoms with Crippen molar-refractivity contribution in [3.8, 4) is 0 Å². The highest BCUT2D eigenvalue weighted by molar-refractivity contribution is 7.99. The minimum atomic E-state index is -0.238. The van der Waals surface area contributed by atoms with Crippen LogP contribution in [-0.4, -0.2) is 30.4 Å². The summed E-state index contributed by atoms with van der Waals surface area (Å²) in [7, 11) is 0. The molecule has 1 aliphatic heterocycles. The van der Waals surface area contributed by atoms with E-state index in [-0.39, 0.29) is 23.9 Å². The summed E-state index contributed by atoms with van der Waals surface area (Å²) >= 11 is 1.56. The van der Waals surface area contributed by atoms with Gasteiger partial charge in [-0.25, -0.2) is 4.39 Å². The fourth-order valence-electron chi connectivity index (χ4n) is 2.21. The number of carbonyl (C=O) groups is 1. The average Bonchev–Trinajstić information content (AvgIpc) is 2.95. The molecule has 20 heavy (non-hydrogen) atoms. The van der Waals surface area contributed by atoms with Gasteiger partial charge in [0.2, 0.25) is 5.91 Å². The highest BCUT2D eigenvalue weighted by Crippen LogP contribution is 2.19. The van der Waals surface area contributed by atoms with Crippen LogP contribution >= 0.6 is 11.8 Å². The van der Waals surface area contributed by atoms with Gasteiger partial charge in [-0.15, -0.1) is 11.8 Å². The minimum Gasteiger partial charge on any atom is -0.376 e. The van der Waals surface area contributed by atoms with Crippen molar-refractivity contribution in [1.82, 2.24) is 5.32 Å². The van der Waals surface area contributed by atoms with Crippen molar-refractivity contribution in [2.75, 3.05) is 12.4 Å². The van der Waals surface area contributed by atoms with Crippen LogP contribution in [0.3, 0.4) is 0 Å². The first-order chi connectivity index (χ1) is 9.65. The fraction of sp³-hybridized carbons (Fsp3) is 0.533. The fourth-order valence-corrected chi connectivity index (χ4v) is 3.06. The summed E-state index contributed by atoms with van der Waals surface area (Å²) in [5.74, 6) is 0.496. The lowest BCUT2D eigenvalue weighted by atomic mass is 10.1. The van der Waals surface area contributed by atoms with Crippen LogP contribution in [0, 0.1) is 5.82 Å². The Morgan fingerprint density at radius 1 is 1.50 bits per heavy atom. The van der Waals surface area contributed by atoms with Crippen LogP contribution in [0.4, 0.5) is 4.39 Å². The quantitative estimate of drug-likeness (QED) is 0.820. The molecule has 0 spiro atoms. The van der Waals surface area contributed by atoms with Crippen molar-refractivity contribution in [1.29, 1.82) is 0 Å². The number of ether oxygens (including phenoxy) is 1. The molecule has 110 valence electrons. The van der Waals surface area contributed by atoms with Gasteiger partial charge in [0.05, 0.1) is 12.1 Å². The Balaban J connectivity index is 1.65. The van der Waals surface area contributed by atoms with Gasteiger partial charge in [-0.2, -0.15) is 0 Å². The first-order valence-corrected chi connectivity index (χ1v) is 7.93. The monoisotopic (exact) mass is 297 g/mol. The molecule has 1 fully saturated rings. The predicted octanol–water partition coefficient (Wildman–Crippen LogP) is 2.99. The maximum atomic E-state index is 12.7. The molecule has 2 atom stereocenters. The van der Waals surface area contributed by atoms with E-state index >= 15 is 0 Å². The van der Waals surface area contributed by atoms with Crippen LogP contribution in [0.25, 0.3) is 0 Å². The van der Waals surface area contributed by atoms with Crippen LogP contribution in [0.5, 0.6) is 0 Å². The third-order valence-corrected chi connectivity index (χ3v) is 4.34. The number of halogens is 1. The Bertz CT molecular complexity index is 432. The van der Waals surface area contributed by atoms with E-state index < -0.39 is 0 Å². The standard InChI is InChI=1S/C15H20FNO2S/c1-11(14-3-2-9-19-14)17-15(18)8-10-20-13-6-4-12(16)5-7-13/h4-7,11,14H,2-3,8-10H2,1H3,(H,17,18). The number of rotatable bonds is 6. The summed E-state index contributed by atoms with van der Waals surface area (Å²) in [5, 5.41) is 2.98. The van der Waals surface area contributed by atoms with Crippen molar-refractivity contribution >= 4 is 17.7 Å². The van der Waals surface area contributed by atoms with Crippen molar-refractivity contribution in [3.05, 3.63) is 30.1 Å². The zero-order chi connectivity index (χ0) is 14.4. The Kier molecular flexibility index (Phi) is 5.86. The largest absolute Gasteiger partial charge is 0.376 e. The van der Waals surface area contributed by atoms with Gasteiger partial charge in [0.1, 0.15) is 5.82 Å². The molecule has 1 N–H and O–H groups in total. The Hall–Kier alpha value is -1.07. The smallest absolute Gasteiger partial charge is 0.221 e. The SMILES string of the molecule is CC(NC(=O)CCSc1ccc(F)cc1)C1CCCO1. The van der Waals surface area contributed by atoms with Crippen molar-refractivity contribution in [2.45, 2.75) is 43.2 Å². The van der Waals surface area contributed by atoms with E-state index in [1.54, 1.807) is 23.9 Å². The van der Waals surface area contributed by atoms with Crippen molar-refractivity contribution in [2.24, 2.45) is 0 Å². The highest BCUT2D eigenvalue weighted by atomic mass is 32.2. The molecule has 1 saturated heterocycles. The lowest BCUT2D eigenvalue weighted by Gasteiger charge is -2.19. The zero-order valence-corrected chi connectivity index (χ0v) is 12.4. The van der Waals surface area contributed by atoms with Gasteiger partial charge in [0.15, 0.2) is 0 Å². The summed E-state index contributed by atoms with van der Waals surface area (Å²) in [6, 6.07) is 6.39. The van der Waals surface area contributed by atoms with Crippen LogP contribution in [0.2, 0.25) is 0 Å². The number of carbonyl (C=O) groups excluding carboxylic acids is 1. The molecule has 1 aliphatic rings. The number of hydrogen-bond acceptors (Lipinski definition) is 3. The van der Waals surface area contributed by atoms with Gasteiger partial charge < -0.3 is 10.1 Å². The van der Waals surface area contributed by atoms with E-state index in [1.165, 1.54) is 12.1 Å². The van der Waals surface area contributed by atoms with Crippen LogP contribution in [-0.2, 0) is 9.53 Å². The summed E-state index contributed by atoms with van der Waals surface area (Å²) in [6.07, 6.45) is 2.71. The third kappa shape index (κ3) is 4.80. The van der Waals surface area contributed by atoms with Gasteiger partial charge in [-0.1, -0.05) is 0 Å². The first kappa shape index (κ1) is 15.3. The van der Waals surface area contributed by atoms with Gasteiger partial charge in [-0.05, 0) is 44.0 Å². The van der Waals surface area contributed by atoms with Crippen LogP contribution < -0.4 is 5.32 Å². The third-order valence-electron chi connectivity index (χ3n) is 3.32. The van der Waals surface area contributed by atoms with Crippen LogP contribution in [0.15, 0.2) is 29.2 Å². The van der Waals surface area contributed by atoms with E-state index in [0.29, 0.717) is 12.2 Å². The van der Waals surface area contributed by atoms with Crippen LogP contribution in [0.1, 0.15) is 26.2 Å². The van der Waals surface area contributed by atoms with E-state index in [0.717, 1.165) is 24.3 Å². The Morgan fingerprint density at radius 2 is 2.25 bits per heavy atom. The molecule has 3 nitrogen and oxygen atoms in total. The topological polar surface area (TPSA) is 38.3 Å². The number of nitrogens with one attached hydrogen (secondary N) is 1. The lowest BCUT2D eigenvalue weighted by molar-refractivity contribution is -0.122. The summed E-state index contributed by atoms with van der Waals surface area (Å²) < 4.78 is 18.3. The second-order valence-corrected chi connectivity index (χ2v) is 6.13. The van der Waals surface area contributed by atoms with E-state index in [9.17, 15) is 9.18 Å². The molecule has 0 aromatic heterocycles. The minimum absolute atomic E-state index is 0.0441. The molecule has 1 amide bonds. The molecule has 0 bridgehead atoms. The number of amides is 1. The molecular formula is C15H20FNO2S. The average molecular weight is 297 g/mol. The summed E-state index contributed by atoms with van der Waals surface area (Å²) in [6.45, 7) is 2.78. The molecule has 2 unspecified atom stereocenters. The summed E-state index contributed by atoms with van der Waals surface area (Å²) in [5.41, 5.74) is 0.